The Bertz CT molecular complexity index is 338. The fraction of sp³-hybridized carbons (Fsp3) is 0.556. The van der Waals surface area contributed by atoms with E-state index in [1.807, 2.05) is 6.92 Å². The number of hydrogen-bond acceptors (Lipinski definition) is 3. The first-order valence-electron chi connectivity index (χ1n) is 4.53. The van der Waals surface area contributed by atoms with Gasteiger partial charge in [-0.2, -0.15) is 0 Å². The van der Waals surface area contributed by atoms with Gasteiger partial charge in [0.15, 0.2) is 0 Å². The van der Waals surface area contributed by atoms with E-state index in [0.29, 0.717) is 13.2 Å². The zero-order valence-corrected chi connectivity index (χ0v) is 8.83. The molecule has 0 amide bonds. The minimum absolute atomic E-state index is 0.148. The molecule has 5 heteroatoms. The van der Waals surface area contributed by atoms with E-state index in [0.717, 1.165) is 13.0 Å². The minimum atomic E-state index is -0.148. The lowest BCUT2D eigenvalue weighted by molar-refractivity contribution is 0.126. The molecule has 0 unspecified atom stereocenters. The van der Waals surface area contributed by atoms with Crippen LogP contribution >= 0.6 is 11.6 Å². The molecular weight excluding hydrogens is 204 g/mol. The number of hydrogen-bond donors (Lipinski definition) is 0. The van der Waals surface area contributed by atoms with Crippen LogP contribution in [0.5, 0.6) is 0 Å². The van der Waals surface area contributed by atoms with Crippen molar-refractivity contribution in [3.63, 3.8) is 0 Å². The summed E-state index contributed by atoms with van der Waals surface area (Å²) in [4.78, 5) is 15.1. The Balaban J connectivity index is 2.47. The van der Waals surface area contributed by atoms with Crippen molar-refractivity contribution in [2.75, 3.05) is 13.2 Å². The Morgan fingerprint density at radius 3 is 3.00 bits per heavy atom. The quantitative estimate of drug-likeness (QED) is 0.551. The molecule has 0 aromatic carbocycles. The predicted molar refractivity (Wildman–Crippen MR) is 54.6 cm³/mol. The Morgan fingerprint density at radius 1 is 1.57 bits per heavy atom. The van der Waals surface area contributed by atoms with Crippen molar-refractivity contribution in [3.05, 3.63) is 27.9 Å². The van der Waals surface area contributed by atoms with E-state index in [-0.39, 0.29) is 10.7 Å². The Kier molecular flexibility index (Phi) is 4.62. The van der Waals surface area contributed by atoms with Crippen molar-refractivity contribution >= 4 is 11.6 Å². The number of nitrogens with zero attached hydrogens (tertiary/aromatic N) is 2. The smallest absolute Gasteiger partial charge is 0.254 e. The monoisotopic (exact) mass is 216 g/mol. The van der Waals surface area contributed by atoms with Crippen LogP contribution in [0.4, 0.5) is 0 Å². The van der Waals surface area contributed by atoms with Crippen molar-refractivity contribution in [1.29, 1.82) is 0 Å². The van der Waals surface area contributed by atoms with Crippen molar-refractivity contribution in [1.82, 2.24) is 9.55 Å². The largest absolute Gasteiger partial charge is 0.380 e. The molecule has 0 aliphatic carbocycles. The topological polar surface area (TPSA) is 44.1 Å². The van der Waals surface area contributed by atoms with Crippen molar-refractivity contribution in [3.8, 4) is 0 Å². The molecule has 0 bridgehead atoms. The highest BCUT2D eigenvalue weighted by Crippen LogP contribution is 1.96. The summed E-state index contributed by atoms with van der Waals surface area (Å²) in [6.45, 7) is 3.80. The molecule has 1 heterocycles. The maximum atomic E-state index is 11.3. The van der Waals surface area contributed by atoms with Gasteiger partial charge in [0.2, 0.25) is 0 Å². The van der Waals surface area contributed by atoms with E-state index in [9.17, 15) is 4.79 Å². The van der Waals surface area contributed by atoms with E-state index < -0.39 is 0 Å². The Morgan fingerprint density at radius 2 is 2.36 bits per heavy atom. The third-order valence-electron chi connectivity index (χ3n) is 1.67. The molecule has 0 radical (unpaired) electrons. The van der Waals surface area contributed by atoms with Gasteiger partial charge < -0.3 is 4.74 Å². The molecule has 1 aromatic heterocycles. The maximum Gasteiger partial charge on any atom is 0.254 e. The lowest BCUT2D eigenvalue weighted by atomic mass is 10.5. The van der Waals surface area contributed by atoms with E-state index in [2.05, 4.69) is 4.98 Å². The molecule has 0 atom stereocenters. The van der Waals surface area contributed by atoms with Gasteiger partial charge in [-0.3, -0.25) is 9.36 Å². The molecule has 0 saturated carbocycles. The van der Waals surface area contributed by atoms with Crippen LogP contribution in [0.2, 0.25) is 5.15 Å². The van der Waals surface area contributed by atoms with Crippen LogP contribution in [0.3, 0.4) is 0 Å². The molecule has 4 nitrogen and oxygen atoms in total. The van der Waals surface area contributed by atoms with Crippen molar-refractivity contribution in [2.45, 2.75) is 19.9 Å². The van der Waals surface area contributed by atoms with Gasteiger partial charge in [-0.1, -0.05) is 18.5 Å². The van der Waals surface area contributed by atoms with Crippen molar-refractivity contribution < 1.29 is 4.74 Å². The lowest BCUT2D eigenvalue weighted by Crippen LogP contribution is -2.21. The van der Waals surface area contributed by atoms with Crippen LogP contribution in [-0.4, -0.2) is 22.8 Å². The highest BCUT2D eigenvalue weighted by molar-refractivity contribution is 6.29. The number of ether oxygens (including phenoxy) is 1. The van der Waals surface area contributed by atoms with E-state index >= 15 is 0 Å². The zero-order chi connectivity index (χ0) is 10.4. The SMILES string of the molecule is CCCOCCn1cnc(Cl)cc1=O. The first-order valence-corrected chi connectivity index (χ1v) is 4.91. The minimum Gasteiger partial charge on any atom is -0.380 e. The molecule has 0 fully saturated rings. The highest BCUT2D eigenvalue weighted by atomic mass is 35.5. The van der Waals surface area contributed by atoms with E-state index in [1.54, 1.807) is 0 Å². The molecule has 0 aliphatic rings. The first kappa shape index (κ1) is 11.2. The number of halogens is 1. The molecular formula is C9H13ClN2O2. The summed E-state index contributed by atoms with van der Waals surface area (Å²) < 4.78 is 6.73. The van der Waals surface area contributed by atoms with Gasteiger partial charge in [0, 0.05) is 12.7 Å². The van der Waals surface area contributed by atoms with Crippen LogP contribution in [0.25, 0.3) is 0 Å². The first-order chi connectivity index (χ1) is 6.74. The maximum absolute atomic E-state index is 11.3. The third kappa shape index (κ3) is 3.47. The van der Waals surface area contributed by atoms with Crippen LogP contribution in [0, 0.1) is 0 Å². The van der Waals surface area contributed by atoms with Gasteiger partial charge in [-0.15, -0.1) is 0 Å². The van der Waals surface area contributed by atoms with E-state index in [4.69, 9.17) is 16.3 Å². The summed E-state index contributed by atoms with van der Waals surface area (Å²) >= 11 is 5.55. The third-order valence-corrected chi connectivity index (χ3v) is 1.88. The molecule has 1 rings (SSSR count). The molecule has 0 aliphatic heterocycles. The molecule has 14 heavy (non-hydrogen) atoms. The standard InChI is InChI=1S/C9H13ClN2O2/c1-2-4-14-5-3-12-7-11-8(10)6-9(12)13/h6-7H,2-5H2,1H3. The van der Waals surface area contributed by atoms with Crippen LogP contribution in [0.1, 0.15) is 13.3 Å². The summed E-state index contributed by atoms with van der Waals surface area (Å²) in [6, 6.07) is 1.29. The van der Waals surface area contributed by atoms with Gasteiger partial charge in [0.05, 0.1) is 19.5 Å². The average Bonchev–Trinajstić information content (AvgIpc) is 2.15. The predicted octanol–water partition coefficient (Wildman–Crippen LogP) is 1.32. The molecule has 78 valence electrons. The second-order valence-electron chi connectivity index (χ2n) is 2.86. The van der Waals surface area contributed by atoms with Gasteiger partial charge >= 0.3 is 0 Å². The number of rotatable bonds is 5. The number of aromatic nitrogens is 2. The average molecular weight is 217 g/mol. The lowest BCUT2D eigenvalue weighted by Gasteiger charge is -2.04. The summed E-state index contributed by atoms with van der Waals surface area (Å²) in [5.74, 6) is 0. The summed E-state index contributed by atoms with van der Waals surface area (Å²) in [6.07, 6.45) is 2.41. The fourth-order valence-corrected chi connectivity index (χ4v) is 1.12. The normalized spacial score (nSPS) is 10.4. The van der Waals surface area contributed by atoms with Gasteiger partial charge in [-0.05, 0) is 6.42 Å². The fourth-order valence-electron chi connectivity index (χ4n) is 0.981. The van der Waals surface area contributed by atoms with Crippen LogP contribution < -0.4 is 5.56 Å². The summed E-state index contributed by atoms with van der Waals surface area (Å²) in [7, 11) is 0. The van der Waals surface area contributed by atoms with E-state index in [1.165, 1.54) is 17.0 Å². The zero-order valence-electron chi connectivity index (χ0n) is 8.07. The van der Waals surface area contributed by atoms with Crippen molar-refractivity contribution in [2.24, 2.45) is 0 Å². The summed E-state index contributed by atoms with van der Waals surface area (Å²) in [5, 5.41) is 0.223. The second kappa shape index (κ2) is 5.78. The highest BCUT2D eigenvalue weighted by Gasteiger charge is 1.97. The Labute approximate surface area is 87.5 Å². The van der Waals surface area contributed by atoms with Gasteiger partial charge in [0.1, 0.15) is 5.15 Å². The van der Waals surface area contributed by atoms with Crippen LogP contribution in [0.15, 0.2) is 17.2 Å². The molecule has 1 aromatic rings. The molecule has 0 spiro atoms. The molecule has 0 saturated heterocycles. The van der Waals surface area contributed by atoms with Gasteiger partial charge in [0.25, 0.3) is 5.56 Å². The van der Waals surface area contributed by atoms with Gasteiger partial charge in [-0.25, -0.2) is 4.98 Å². The molecule has 0 N–H and O–H groups in total. The summed E-state index contributed by atoms with van der Waals surface area (Å²) in [5.41, 5.74) is -0.148. The van der Waals surface area contributed by atoms with Crippen LogP contribution in [-0.2, 0) is 11.3 Å². The Hall–Kier alpha value is -0.870. The second-order valence-corrected chi connectivity index (χ2v) is 3.24.